The van der Waals surface area contributed by atoms with Gasteiger partial charge in [0, 0.05) is 31.9 Å². The minimum absolute atomic E-state index is 0.0751. The predicted molar refractivity (Wildman–Crippen MR) is 73.9 cm³/mol. The van der Waals surface area contributed by atoms with Crippen molar-refractivity contribution in [2.24, 2.45) is 0 Å². The molecule has 0 aromatic heterocycles. The number of hydrogen-bond donors (Lipinski definition) is 1. The Kier molecular flexibility index (Phi) is 4.39. The lowest BCUT2D eigenvalue weighted by Crippen LogP contribution is -2.49. The van der Waals surface area contributed by atoms with Crippen molar-refractivity contribution in [1.82, 2.24) is 9.80 Å². The van der Waals surface area contributed by atoms with Crippen LogP contribution in [-0.2, 0) is 9.59 Å². The highest BCUT2D eigenvalue weighted by Gasteiger charge is 2.19. The van der Waals surface area contributed by atoms with Gasteiger partial charge in [-0.3, -0.25) is 9.59 Å². The molecule has 0 aliphatic carbocycles. The van der Waals surface area contributed by atoms with Crippen molar-refractivity contribution in [3.8, 4) is 0 Å². The van der Waals surface area contributed by atoms with Gasteiger partial charge in [0.15, 0.2) is 0 Å². The molecule has 2 rings (SSSR count). The van der Waals surface area contributed by atoms with E-state index in [-0.39, 0.29) is 5.91 Å². The summed E-state index contributed by atoms with van der Waals surface area (Å²) in [6.07, 6.45) is 0.840. The fraction of sp³-hybridized carbons (Fsp3) is 0.429. The van der Waals surface area contributed by atoms with Crippen LogP contribution in [-0.4, -0.2) is 54.8 Å². The van der Waals surface area contributed by atoms with Crippen LogP contribution in [0.3, 0.4) is 0 Å². The first-order chi connectivity index (χ1) is 9.19. The first-order valence-electron chi connectivity index (χ1n) is 6.47. The molecule has 0 saturated carbocycles. The third-order valence-electron chi connectivity index (χ3n) is 3.31. The van der Waals surface area contributed by atoms with Gasteiger partial charge in [-0.15, -0.1) is 0 Å². The van der Waals surface area contributed by atoms with Crippen LogP contribution in [0.1, 0.15) is 5.56 Å². The lowest BCUT2D eigenvalue weighted by molar-refractivity contribution is -0.133. The van der Waals surface area contributed by atoms with Gasteiger partial charge in [-0.2, -0.15) is 0 Å². The van der Waals surface area contributed by atoms with E-state index >= 15 is 0 Å². The van der Waals surface area contributed by atoms with Crippen LogP contribution in [0.5, 0.6) is 0 Å². The molecule has 1 fully saturated rings. The molecule has 0 unspecified atom stereocenters. The van der Waals surface area contributed by atoms with Crippen LogP contribution in [0, 0.1) is 6.92 Å². The van der Waals surface area contributed by atoms with Gasteiger partial charge in [-0.25, -0.2) is 0 Å². The average molecular weight is 261 g/mol. The number of nitrogens with zero attached hydrogens (tertiary/aromatic N) is 2. The molecule has 1 saturated heterocycles. The minimum Gasteiger partial charge on any atom is -0.376 e. The number of amides is 2. The Morgan fingerprint density at radius 2 is 1.84 bits per heavy atom. The Morgan fingerprint density at radius 3 is 2.42 bits per heavy atom. The summed E-state index contributed by atoms with van der Waals surface area (Å²) >= 11 is 0. The number of carbonyl (C=O) groups is 2. The molecular formula is C14H19N3O2. The van der Waals surface area contributed by atoms with Crippen molar-refractivity contribution >= 4 is 18.0 Å². The number of piperazine rings is 1. The molecule has 1 aliphatic heterocycles. The minimum atomic E-state index is 0.0751. The number of anilines is 1. The van der Waals surface area contributed by atoms with E-state index < -0.39 is 0 Å². The zero-order valence-corrected chi connectivity index (χ0v) is 11.1. The summed E-state index contributed by atoms with van der Waals surface area (Å²) < 4.78 is 0. The van der Waals surface area contributed by atoms with Gasteiger partial charge in [0.2, 0.25) is 12.3 Å². The van der Waals surface area contributed by atoms with Gasteiger partial charge in [0.1, 0.15) is 0 Å². The molecule has 0 spiro atoms. The van der Waals surface area contributed by atoms with Gasteiger partial charge in [-0.1, -0.05) is 17.7 Å². The molecule has 1 aromatic carbocycles. The Bertz CT molecular complexity index is 437. The molecule has 102 valence electrons. The fourth-order valence-electron chi connectivity index (χ4n) is 2.04. The van der Waals surface area contributed by atoms with Crippen molar-refractivity contribution in [1.29, 1.82) is 0 Å². The highest BCUT2D eigenvalue weighted by atomic mass is 16.2. The van der Waals surface area contributed by atoms with Gasteiger partial charge >= 0.3 is 0 Å². The molecule has 2 amide bonds. The maximum atomic E-state index is 12.0. The summed E-state index contributed by atoms with van der Waals surface area (Å²) in [4.78, 5) is 26.1. The summed E-state index contributed by atoms with van der Waals surface area (Å²) in [5.74, 6) is 0.0751. The summed E-state index contributed by atoms with van der Waals surface area (Å²) in [5, 5.41) is 3.12. The van der Waals surface area contributed by atoms with Gasteiger partial charge in [0.05, 0.1) is 6.54 Å². The van der Waals surface area contributed by atoms with E-state index in [4.69, 9.17) is 0 Å². The van der Waals surface area contributed by atoms with E-state index in [9.17, 15) is 9.59 Å². The van der Waals surface area contributed by atoms with Gasteiger partial charge in [-0.05, 0) is 19.1 Å². The van der Waals surface area contributed by atoms with Crippen LogP contribution < -0.4 is 5.32 Å². The van der Waals surface area contributed by atoms with Crippen LogP contribution >= 0.6 is 0 Å². The van der Waals surface area contributed by atoms with E-state index in [0.717, 1.165) is 12.1 Å². The summed E-state index contributed by atoms with van der Waals surface area (Å²) in [6, 6.07) is 7.95. The number of nitrogens with one attached hydrogen (secondary N) is 1. The number of hydrogen-bond acceptors (Lipinski definition) is 3. The second-order valence-corrected chi connectivity index (χ2v) is 4.74. The van der Waals surface area contributed by atoms with Crippen LogP contribution in [0.2, 0.25) is 0 Å². The zero-order chi connectivity index (χ0) is 13.7. The highest BCUT2D eigenvalue weighted by molar-refractivity contribution is 5.81. The third-order valence-corrected chi connectivity index (χ3v) is 3.31. The molecule has 0 radical (unpaired) electrons. The van der Waals surface area contributed by atoms with E-state index in [1.807, 2.05) is 31.2 Å². The van der Waals surface area contributed by atoms with E-state index in [1.54, 1.807) is 9.80 Å². The Labute approximate surface area is 113 Å². The van der Waals surface area contributed by atoms with E-state index in [0.29, 0.717) is 32.7 Å². The Hall–Kier alpha value is -2.04. The lowest BCUT2D eigenvalue weighted by atomic mass is 10.2. The molecule has 5 heteroatoms. The molecule has 1 aliphatic rings. The van der Waals surface area contributed by atoms with Crippen LogP contribution in [0.25, 0.3) is 0 Å². The monoisotopic (exact) mass is 261 g/mol. The second-order valence-electron chi connectivity index (χ2n) is 4.74. The molecular weight excluding hydrogens is 242 g/mol. The maximum absolute atomic E-state index is 12.0. The number of benzene rings is 1. The van der Waals surface area contributed by atoms with Crippen molar-refractivity contribution in [2.75, 3.05) is 38.0 Å². The summed E-state index contributed by atoms with van der Waals surface area (Å²) in [6.45, 7) is 4.81. The molecule has 1 heterocycles. The third kappa shape index (κ3) is 3.71. The van der Waals surface area contributed by atoms with E-state index in [1.165, 1.54) is 5.56 Å². The quantitative estimate of drug-likeness (QED) is 0.812. The van der Waals surface area contributed by atoms with Gasteiger partial charge in [0.25, 0.3) is 0 Å². The summed E-state index contributed by atoms with van der Waals surface area (Å²) in [5.41, 5.74) is 2.15. The molecule has 0 bridgehead atoms. The number of rotatable bonds is 4. The summed E-state index contributed by atoms with van der Waals surface area (Å²) in [7, 11) is 0. The molecule has 19 heavy (non-hydrogen) atoms. The maximum Gasteiger partial charge on any atom is 0.241 e. The standard InChI is InChI=1S/C14H19N3O2/c1-12-2-4-13(5-3-12)15-10-14(19)17-8-6-16(11-18)7-9-17/h2-5,11,15H,6-10H2,1H3. The van der Waals surface area contributed by atoms with E-state index in [2.05, 4.69) is 5.32 Å². The van der Waals surface area contributed by atoms with Crippen molar-refractivity contribution in [3.05, 3.63) is 29.8 Å². The molecule has 1 N–H and O–H groups in total. The van der Waals surface area contributed by atoms with Gasteiger partial charge < -0.3 is 15.1 Å². The Balaban J connectivity index is 1.78. The largest absolute Gasteiger partial charge is 0.376 e. The topological polar surface area (TPSA) is 52.7 Å². The fourth-order valence-corrected chi connectivity index (χ4v) is 2.04. The molecule has 0 atom stereocenters. The number of carbonyl (C=O) groups excluding carboxylic acids is 2. The second kappa shape index (κ2) is 6.22. The highest BCUT2D eigenvalue weighted by Crippen LogP contribution is 2.08. The predicted octanol–water partition coefficient (Wildman–Crippen LogP) is 0.708. The average Bonchev–Trinajstić information content (AvgIpc) is 2.46. The smallest absolute Gasteiger partial charge is 0.241 e. The van der Waals surface area contributed by atoms with Crippen molar-refractivity contribution in [2.45, 2.75) is 6.92 Å². The lowest BCUT2D eigenvalue weighted by Gasteiger charge is -2.32. The zero-order valence-electron chi connectivity index (χ0n) is 11.1. The van der Waals surface area contributed by atoms with Crippen molar-refractivity contribution in [3.63, 3.8) is 0 Å². The molecule has 1 aromatic rings. The normalized spacial score (nSPS) is 15.2. The number of aryl methyl sites for hydroxylation is 1. The Morgan fingerprint density at radius 1 is 1.21 bits per heavy atom. The van der Waals surface area contributed by atoms with Crippen LogP contribution in [0.15, 0.2) is 24.3 Å². The molecule has 5 nitrogen and oxygen atoms in total. The van der Waals surface area contributed by atoms with Crippen molar-refractivity contribution < 1.29 is 9.59 Å². The first-order valence-corrected chi connectivity index (χ1v) is 6.47. The first kappa shape index (κ1) is 13.4. The SMILES string of the molecule is Cc1ccc(NCC(=O)N2CCN(C=O)CC2)cc1. The van der Waals surface area contributed by atoms with Crippen LogP contribution in [0.4, 0.5) is 5.69 Å².